The first-order valence-electron chi connectivity index (χ1n) is 4.90. The lowest BCUT2D eigenvalue weighted by molar-refractivity contribution is 0.295. The molecule has 0 saturated heterocycles. The first-order chi connectivity index (χ1) is 6.61. The van der Waals surface area contributed by atoms with Crippen LogP contribution < -0.4 is 5.32 Å². The number of hydrogen-bond donors (Lipinski definition) is 1. The molecule has 0 saturated carbocycles. The third-order valence-electron chi connectivity index (χ3n) is 2.42. The lowest BCUT2D eigenvalue weighted by Gasteiger charge is -2.22. The number of nitrogens with zero attached hydrogens (tertiary/aromatic N) is 2. The maximum atomic E-state index is 4.28. The summed E-state index contributed by atoms with van der Waals surface area (Å²) in [5.74, 6) is 0. The Morgan fingerprint density at radius 2 is 2.21 bits per heavy atom. The standard InChI is InChI=1S/C10H19N3S/c1-8(13(3)4)7-12-9(2)10-11-5-6-14-10/h5-6,8-9,12H,7H2,1-4H3. The van der Waals surface area contributed by atoms with Crippen molar-refractivity contribution in [1.29, 1.82) is 0 Å². The number of likely N-dealkylation sites (N-methyl/N-ethyl adjacent to an activating group) is 1. The van der Waals surface area contributed by atoms with Crippen LogP contribution in [0.15, 0.2) is 11.6 Å². The van der Waals surface area contributed by atoms with E-state index in [1.54, 1.807) is 11.3 Å². The van der Waals surface area contributed by atoms with E-state index in [-0.39, 0.29) is 0 Å². The highest BCUT2D eigenvalue weighted by Gasteiger charge is 2.09. The van der Waals surface area contributed by atoms with E-state index in [2.05, 4.69) is 43.1 Å². The molecule has 1 heterocycles. The Morgan fingerprint density at radius 3 is 2.71 bits per heavy atom. The topological polar surface area (TPSA) is 28.2 Å². The second-order valence-electron chi connectivity index (χ2n) is 3.81. The first kappa shape index (κ1) is 11.6. The molecular weight excluding hydrogens is 194 g/mol. The van der Waals surface area contributed by atoms with Crippen molar-refractivity contribution in [2.24, 2.45) is 0 Å². The van der Waals surface area contributed by atoms with E-state index in [0.29, 0.717) is 12.1 Å². The molecule has 0 aliphatic carbocycles. The monoisotopic (exact) mass is 213 g/mol. The molecule has 0 amide bonds. The van der Waals surface area contributed by atoms with Crippen LogP contribution in [0.4, 0.5) is 0 Å². The minimum atomic E-state index is 0.359. The molecule has 1 N–H and O–H groups in total. The summed E-state index contributed by atoms with van der Waals surface area (Å²) in [4.78, 5) is 6.49. The fourth-order valence-corrected chi connectivity index (χ4v) is 1.74. The van der Waals surface area contributed by atoms with Crippen molar-refractivity contribution < 1.29 is 0 Å². The van der Waals surface area contributed by atoms with Gasteiger partial charge in [-0.1, -0.05) is 0 Å². The summed E-state index contributed by atoms with van der Waals surface area (Å²) in [5, 5.41) is 6.65. The second kappa shape index (κ2) is 5.44. The normalized spacial score (nSPS) is 15.8. The van der Waals surface area contributed by atoms with Crippen molar-refractivity contribution in [2.45, 2.75) is 25.9 Å². The lowest BCUT2D eigenvalue weighted by atomic mass is 10.3. The summed E-state index contributed by atoms with van der Waals surface area (Å²) >= 11 is 1.70. The molecule has 14 heavy (non-hydrogen) atoms. The van der Waals surface area contributed by atoms with E-state index >= 15 is 0 Å². The number of thiazole rings is 1. The van der Waals surface area contributed by atoms with Gasteiger partial charge in [0.05, 0.1) is 6.04 Å². The Labute approximate surface area is 90.2 Å². The van der Waals surface area contributed by atoms with Gasteiger partial charge in [0.15, 0.2) is 0 Å². The van der Waals surface area contributed by atoms with Crippen LogP contribution in [-0.4, -0.2) is 36.6 Å². The van der Waals surface area contributed by atoms with Gasteiger partial charge in [0.1, 0.15) is 5.01 Å². The Bertz CT molecular complexity index is 246. The maximum absolute atomic E-state index is 4.28. The fourth-order valence-electron chi connectivity index (χ4n) is 1.07. The minimum Gasteiger partial charge on any atom is -0.307 e. The minimum absolute atomic E-state index is 0.359. The Hall–Kier alpha value is -0.450. The zero-order chi connectivity index (χ0) is 10.6. The molecule has 2 unspecified atom stereocenters. The SMILES string of the molecule is CC(NCC(C)N(C)C)c1nccs1. The summed E-state index contributed by atoms with van der Waals surface area (Å²) in [7, 11) is 4.20. The molecule has 0 radical (unpaired) electrons. The molecule has 4 heteroatoms. The van der Waals surface area contributed by atoms with Gasteiger partial charge in [-0.3, -0.25) is 0 Å². The molecule has 1 aromatic rings. The molecule has 0 spiro atoms. The van der Waals surface area contributed by atoms with Gasteiger partial charge in [-0.25, -0.2) is 4.98 Å². The van der Waals surface area contributed by atoms with Gasteiger partial charge in [0, 0.05) is 24.2 Å². The van der Waals surface area contributed by atoms with Crippen LogP contribution >= 0.6 is 11.3 Å². The molecule has 1 rings (SSSR count). The maximum Gasteiger partial charge on any atom is 0.109 e. The van der Waals surface area contributed by atoms with E-state index in [0.717, 1.165) is 11.6 Å². The zero-order valence-electron chi connectivity index (χ0n) is 9.32. The largest absolute Gasteiger partial charge is 0.307 e. The van der Waals surface area contributed by atoms with E-state index < -0.39 is 0 Å². The highest BCUT2D eigenvalue weighted by Crippen LogP contribution is 2.14. The number of rotatable bonds is 5. The molecule has 80 valence electrons. The van der Waals surface area contributed by atoms with Gasteiger partial charge in [0.25, 0.3) is 0 Å². The lowest BCUT2D eigenvalue weighted by Crippen LogP contribution is -2.36. The smallest absolute Gasteiger partial charge is 0.109 e. The van der Waals surface area contributed by atoms with Crippen molar-refractivity contribution in [3.63, 3.8) is 0 Å². The van der Waals surface area contributed by atoms with Crippen LogP contribution in [0.2, 0.25) is 0 Å². The van der Waals surface area contributed by atoms with Crippen molar-refractivity contribution >= 4 is 11.3 Å². The van der Waals surface area contributed by atoms with Gasteiger partial charge in [-0.15, -0.1) is 11.3 Å². The summed E-state index contributed by atoms with van der Waals surface area (Å²) < 4.78 is 0. The van der Waals surface area contributed by atoms with E-state index in [1.165, 1.54) is 0 Å². The van der Waals surface area contributed by atoms with E-state index in [1.807, 2.05) is 11.6 Å². The van der Waals surface area contributed by atoms with Crippen LogP contribution in [0.3, 0.4) is 0 Å². The summed E-state index contributed by atoms with van der Waals surface area (Å²) in [6.45, 7) is 5.36. The Kier molecular flexibility index (Phi) is 4.51. The number of nitrogens with one attached hydrogen (secondary N) is 1. The van der Waals surface area contributed by atoms with Crippen LogP contribution in [-0.2, 0) is 0 Å². The molecule has 0 aliphatic heterocycles. The molecule has 0 aliphatic rings. The van der Waals surface area contributed by atoms with Crippen molar-refractivity contribution in [1.82, 2.24) is 15.2 Å². The molecule has 0 bridgehead atoms. The average Bonchev–Trinajstić information content (AvgIpc) is 2.66. The zero-order valence-corrected chi connectivity index (χ0v) is 10.1. The molecule has 1 aromatic heterocycles. The van der Waals surface area contributed by atoms with Gasteiger partial charge in [-0.2, -0.15) is 0 Å². The number of aromatic nitrogens is 1. The highest BCUT2D eigenvalue weighted by atomic mass is 32.1. The third kappa shape index (κ3) is 3.36. The summed E-state index contributed by atoms with van der Waals surface area (Å²) in [5.41, 5.74) is 0. The second-order valence-corrected chi connectivity index (χ2v) is 4.74. The van der Waals surface area contributed by atoms with Crippen molar-refractivity contribution in [2.75, 3.05) is 20.6 Å². The quantitative estimate of drug-likeness (QED) is 0.807. The summed E-state index contributed by atoms with van der Waals surface area (Å²) in [6, 6.07) is 0.912. The molecule has 2 atom stereocenters. The molecule has 3 nitrogen and oxygen atoms in total. The first-order valence-corrected chi connectivity index (χ1v) is 5.78. The Balaban J connectivity index is 2.32. The van der Waals surface area contributed by atoms with Gasteiger partial charge in [0.2, 0.25) is 0 Å². The Morgan fingerprint density at radius 1 is 1.50 bits per heavy atom. The van der Waals surface area contributed by atoms with Gasteiger partial charge < -0.3 is 10.2 Å². The third-order valence-corrected chi connectivity index (χ3v) is 3.38. The van der Waals surface area contributed by atoms with E-state index in [9.17, 15) is 0 Å². The number of hydrogen-bond acceptors (Lipinski definition) is 4. The highest BCUT2D eigenvalue weighted by molar-refractivity contribution is 7.09. The summed E-state index contributed by atoms with van der Waals surface area (Å²) in [6.07, 6.45) is 1.85. The van der Waals surface area contributed by atoms with Crippen LogP contribution in [0, 0.1) is 0 Å². The van der Waals surface area contributed by atoms with Crippen molar-refractivity contribution in [3.8, 4) is 0 Å². The van der Waals surface area contributed by atoms with Gasteiger partial charge >= 0.3 is 0 Å². The fraction of sp³-hybridized carbons (Fsp3) is 0.700. The van der Waals surface area contributed by atoms with E-state index in [4.69, 9.17) is 0 Å². The van der Waals surface area contributed by atoms with Crippen LogP contribution in [0.5, 0.6) is 0 Å². The van der Waals surface area contributed by atoms with Crippen LogP contribution in [0.1, 0.15) is 24.9 Å². The van der Waals surface area contributed by atoms with Crippen molar-refractivity contribution in [3.05, 3.63) is 16.6 Å². The molecule has 0 fully saturated rings. The predicted molar refractivity (Wildman–Crippen MR) is 61.7 cm³/mol. The molecular formula is C10H19N3S. The van der Waals surface area contributed by atoms with Gasteiger partial charge in [-0.05, 0) is 27.9 Å². The predicted octanol–water partition coefficient (Wildman–Crippen LogP) is 1.74. The molecule has 0 aromatic carbocycles. The van der Waals surface area contributed by atoms with Crippen LogP contribution in [0.25, 0.3) is 0 Å². The average molecular weight is 213 g/mol.